The lowest BCUT2D eigenvalue weighted by Gasteiger charge is -2.12. The molecule has 0 spiro atoms. The maximum absolute atomic E-state index is 11.7. The fraction of sp³-hybridized carbons (Fsp3) is 0.133. The van der Waals surface area contributed by atoms with Crippen molar-refractivity contribution in [1.29, 1.82) is 0 Å². The molecule has 20 heavy (non-hydrogen) atoms. The van der Waals surface area contributed by atoms with Crippen molar-refractivity contribution in [1.82, 2.24) is 0 Å². The zero-order valence-electron chi connectivity index (χ0n) is 11.0. The number of hydrogen-bond acceptors (Lipinski definition) is 4. The zero-order valence-corrected chi connectivity index (χ0v) is 11.8. The summed E-state index contributed by atoms with van der Waals surface area (Å²) in [6, 6.07) is 12.5. The maximum Gasteiger partial charge on any atom is 0.339 e. The van der Waals surface area contributed by atoms with Crippen molar-refractivity contribution in [3.05, 3.63) is 58.6 Å². The number of carbonyl (C=O) groups is 1. The molecule has 0 fully saturated rings. The smallest absolute Gasteiger partial charge is 0.339 e. The summed E-state index contributed by atoms with van der Waals surface area (Å²) in [5.41, 5.74) is 8.58. The predicted molar refractivity (Wildman–Crippen MR) is 81.0 cm³/mol. The Morgan fingerprint density at radius 1 is 1.30 bits per heavy atom. The Balaban J connectivity index is 2.22. The van der Waals surface area contributed by atoms with E-state index in [2.05, 4.69) is 5.32 Å². The van der Waals surface area contributed by atoms with E-state index in [0.29, 0.717) is 28.5 Å². The van der Waals surface area contributed by atoms with Gasteiger partial charge in [0.25, 0.3) is 0 Å². The van der Waals surface area contributed by atoms with E-state index in [4.69, 9.17) is 22.1 Å². The SMILES string of the molecule is COC(=O)c1ccc(Cl)cc1NCc1ccccc1N. The molecule has 2 aromatic rings. The molecular formula is C15H15ClN2O2. The Morgan fingerprint density at radius 3 is 2.75 bits per heavy atom. The van der Waals surface area contributed by atoms with E-state index in [0.717, 1.165) is 5.56 Å². The second-order valence-corrected chi connectivity index (χ2v) is 4.67. The molecule has 0 aliphatic rings. The van der Waals surface area contributed by atoms with Crippen LogP contribution in [0.3, 0.4) is 0 Å². The molecule has 5 heteroatoms. The Kier molecular flexibility index (Phi) is 4.48. The Bertz CT molecular complexity index is 629. The molecule has 104 valence electrons. The quantitative estimate of drug-likeness (QED) is 0.670. The highest BCUT2D eigenvalue weighted by atomic mass is 35.5. The number of rotatable bonds is 4. The van der Waals surface area contributed by atoms with Crippen molar-refractivity contribution < 1.29 is 9.53 Å². The summed E-state index contributed by atoms with van der Waals surface area (Å²) in [5, 5.41) is 3.70. The van der Waals surface area contributed by atoms with Crippen LogP contribution in [-0.2, 0) is 11.3 Å². The number of methoxy groups -OCH3 is 1. The van der Waals surface area contributed by atoms with Gasteiger partial charge in [0.05, 0.1) is 18.4 Å². The number of halogens is 1. The van der Waals surface area contributed by atoms with Crippen molar-refractivity contribution >= 4 is 28.9 Å². The number of nitrogens with one attached hydrogen (secondary N) is 1. The molecule has 0 heterocycles. The Hall–Kier alpha value is -2.20. The first-order chi connectivity index (χ1) is 9.61. The van der Waals surface area contributed by atoms with E-state index < -0.39 is 5.97 Å². The molecule has 0 aromatic heterocycles. The summed E-state index contributed by atoms with van der Waals surface area (Å²) in [7, 11) is 1.34. The number of carbonyl (C=O) groups excluding carboxylic acids is 1. The fourth-order valence-corrected chi connectivity index (χ4v) is 2.01. The van der Waals surface area contributed by atoms with Crippen LogP contribution in [0.25, 0.3) is 0 Å². The number of hydrogen-bond donors (Lipinski definition) is 2. The van der Waals surface area contributed by atoms with Gasteiger partial charge in [-0.3, -0.25) is 0 Å². The molecule has 0 saturated heterocycles. The number of ether oxygens (including phenoxy) is 1. The van der Waals surface area contributed by atoms with Gasteiger partial charge in [-0.1, -0.05) is 29.8 Å². The zero-order chi connectivity index (χ0) is 14.5. The van der Waals surface area contributed by atoms with E-state index in [-0.39, 0.29) is 0 Å². The lowest BCUT2D eigenvalue weighted by Crippen LogP contribution is -2.09. The van der Waals surface area contributed by atoms with Gasteiger partial charge in [0, 0.05) is 17.3 Å². The van der Waals surface area contributed by atoms with Crippen LogP contribution in [0.15, 0.2) is 42.5 Å². The van der Waals surface area contributed by atoms with Crippen LogP contribution in [0.4, 0.5) is 11.4 Å². The van der Waals surface area contributed by atoms with Crippen LogP contribution in [0.2, 0.25) is 5.02 Å². The van der Waals surface area contributed by atoms with Gasteiger partial charge >= 0.3 is 5.97 Å². The van der Waals surface area contributed by atoms with Gasteiger partial charge in [-0.15, -0.1) is 0 Å². The number of nitrogen functional groups attached to an aromatic ring is 1. The average molecular weight is 291 g/mol. The van der Waals surface area contributed by atoms with Crippen molar-refractivity contribution in [2.45, 2.75) is 6.54 Å². The summed E-state index contributed by atoms with van der Waals surface area (Å²) in [6.07, 6.45) is 0. The van der Waals surface area contributed by atoms with Gasteiger partial charge in [-0.2, -0.15) is 0 Å². The van der Waals surface area contributed by atoms with Gasteiger partial charge in [-0.25, -0.2) is 4.79 Å². The average Bonchev–Trinajstić information content (AvgIpc) is 2.46. The van der Waals surface area contributed by atoms with Crippen molar-refractivity contribution in [2.24, 2.45) is 0 Å². The third-order valence-corrected chi connectivity index (χ3v) is 3.15. The highest BCUT2D eigenvalue weighted by molar-refractivity contribution is 6.31. The Labute approximate surface area is 122 Å². The molecule has 0 aliphatic heterocycles. The molecule has 2 aromatic carbocycles. The van der Waals surface area contributed by atoms with Crippen molar-refractivity contribution in [3.8, 4) is 0 Å². The lowest BCUT2D eigenvalue weighted by molar-refractivity contribution is 0.0602. The van der Waals surface area contributed by atoms with Gasteiger partial charge in [0.1, 0.15) is 0 Å². The second kappa shape index (κ2) is 6.30. The minimum Gasteiger partial charge on any atom is -0.465 e. The first kappa shape index (κ1) is 14.2. The molecule has 0 amide bonds. The molecule has 3 N–H and O–H groups in total. The molecule has 0 saturated carbocycles. The third-order valence-electron chi connectivity index (χ3n) is 2.91. The summed E-state index contributed by atoms with van der Waals surface area (Å²) in [5.74, 6) is -0.412. The monoisotopic (exact) mass is 290 g/mol. The number of nitrogens with two attached hydrogens (primary N) is 1. The summed E-state index contributed by atoms with van der Waals surface area (Å²) in [4.78, 5) is 11.7. The first-order valence-corrected chi connectivity index (χ1v) is 6.44. The van der Waals surface area contributed by atoms with E-state index >= 15 is 0 Å². The fourth-order valence-electron chi connectivity index (χ4n) is 1.84. The van der Waals surface area contributed by atoms with Crippen LogP contribution >= 0.6 is 11.6 Å². The highest BCUT2D eigenvalue weighted by Gasteiger charge is 2.12. The van der Waals surface area contributed by atoms with Crippen LogP contribution in [0.5, 0.6) is 0 Å². The first-order valence-electron chi connectivity index (χ1n) is 6.07. The van der Waals surface area contributed by atoms with Crippen LogP contribution in [0.1, 0.15) is 15.9 Å². The third kappa shape index (κ3) is 3.22. The maximum atomic E-state index is 11.7. The molecule has 0 unspecified atom stereocenters. The standard InChI is InChI=1S/C15H15ClN2O2/c1-20-15(19)12-7-6-11(16)8-14(12)18-9-10-4-2-3-5-13(10)17/h2-8,18H,9,17H2,1H3. The summed E-state index contributed by atoms with van der Waals surface area (Å²) in [6.45, 7) is 0.497. The molecule has 0 atom stereocenters. The number of anilines is 2. The molecule has 0 aliphatic carbocycles. The number of benzene rings is 2. The normalized spacial score (nSPS) is 10.1. The van der Waals surface area contributed by atoms with Gasteiger partial charge in [-0.05, 0) is 29.8 Å². The highest BCUT2D eigenvalue weighted by Crippen LogP contribution is 2.23. The molecule has 2 rings (SSSR count). The number of para-hydroxylation sites is 1. The lowest BCUT2D eigenvalue weighted by atomic mass is 10.1. The Morgan fingerprint density at radius 2 is 2.05 bits per heavy atom. The topological polar surface area (TPSA) is 64.3 Å². The second-order valence-electron chi connectivity index (χ2n) is 4.23. The van der Waals surface area contributed by atoms with Crippen molar-refractivity contribution in [2.75, 3.05) is 18.2 Å². The molecule has 0 radical (unpaired) electrons. The molecular weight excluding hydrogens is 276 g/mol. The van der Waals surface area contributed by atoms with E-state index in [1.54, 1.807) is 18.2 Å². The van der Waals surface area contributed by atoms with E-state index in [1.807, 2.05) is 24.3 Å². The van der Waals surface area contributed by atoms with Crippen LogP contribution in [0, 0.1) is 0 Å². The van der Waals surface area contributed by atoms with Gasteiger partial charge in [0.2, 0.25) is 0 Å². The number of esters is 1. The largest absolute Gasteiger partial charge is 0.465 e. The molecule has 4 nitrogen and oxygen atoms in total. The van der Waals surface area contributed by atoms with Crippen molar-refractivity contribution in [3.63, 3.8) is 0 Å². The predicted octanol–water partition coefficient (Wildman–Crippen LogP) is 3.32. The van der Waals surface area contributed by atoms with Crippen LogP contribution in [-0.4, -0.2) is 13.1 Å². The van der Waals surface area contributed by atoms with Gasteiger partial charge < -0.3 is 15.8 Å². The van der Waals surface area contributed by atoms with E-state index in [1.165, 1.54) is 7.11 Å². The van der Waals surface area contributed by atoms with Crippen LogP contribution < -0.4 is 11.1 Å². The summed E-state index contributed by atoms with van der Waals surface area (Å²) >= 11 is 5.96. The van der Waals surface area contributed by atoms with E-state index in [9.17, 15) is 4.79 Å². The minimum atomic E-state index is -0.412. The molecule has 0 bridgehead atoms. The summed E-state index contributed by atoms with van der Waals surface area (Å²) < 4.78 is 4.75. The van der Waals surface area contributed by atoms with Gasteiger partial charge in [0.15, 0.2) is 0 Å². The minimum absolute atomic E-state index is 0.412.